The topological polar surface area (TPSA) is 88.1 Å². The molecule has 3 heterocycles. The molecule has 31 heavy (non-hydrogen) atoms. The number of rotatable bonds is 7. The van der Waals surface area contributed by atoms with Crippen molar-refractivity contribution in [3.05, 3.63) is 96.9 Å². The molecule has 1 amide bonds. The van der Waals surface area contributed by atoms with Crippen LogP contribution < -0.4 is 11.2 Å². The molecule has 0 unspecified atom stereocenters. The summed E-state index contributed by atoms with van der Waals surface area (Å²) in [6.45, 7) is 3.18. The number of aryl methyl sites for hydroxylation is 1. The number of aromatic nitrogens is 3. The van der Waals surface area contributed by atoms with Gasteiger partial charge in [0.15, 0.2) is 0 Å². The molecule has 0 aliphatic rings. The van der Waals surface area contributed by atoms with Crippen LogP contribution in [-0.2, 0) is 19.5 Å². The second-order valence-corrected chi connectivity index (χ2v) is 8.17. The summed E-state index contributed by atoms with van der Waals surface area (Å²) in [4.78, 5) is 47.2. The van der Waals surface area contributed by atoms with Gasteiger partial charge in [-0.05, 0) is 36.4 Å². The molecule has 0 saturated heterocycles. The van der Waals surface area contributed by atoms with Crippen molar-refractivity contribution < 1.29 is 4.79 Å². The van der Waals surface area contributed by atoms with Crippen LogP contribution in [0, 0.1) is 0 Å². The van der Waals surface area contributed by atoms with Gasteiger partial charge in [-0.3, -0.25) is 19.1 Å². The van der Waals surface area contributed by atoms with Crippen molar-refractivity contribution in [3.8, 4) is 0 Å². The van der Waals surface area contributed by atoms with E-state index in [1.165, 1.54) is 16.8 Å². The zero-order valence-electron chi connectivity index (χ0n) is 17.1. The summed E-state index contributed by atoms with van der Waals surface area (Å²) in [7, 11) is 0. The quantitative estimate of drug-likeness (QED) is 0.484. The number of hydrogen-bond donors (Lipinski definition) is 1. The van der Waals surface area contributed by atoms with Crippen molar-refractivity contribution in [3.63, 3.8) is 0 Å². The van der Waals surface area contributed by atoms with E-state index in [9.17, 15) is 14.4 Å². The Hall–Kier alpha value is -3.52. The van der Waals surface area contributed by atoms with Crippen LogP contribution in [0.3, 0.4) is 0 Å². The zero-order valence-corrected chi connectivity index (χ0v) is 17.9. The number of fused-ring (bicyclic) bond motifs is 1. The van der Waals surface area contributed by atoms with Gasteiger partial charge in [-0.15, -0.1) is 11.3 Å². The molecule has 0 radical (unpaired) electrons. The van der Waals surface area contributed by atoms with Gasteiger partial charge in [0, 0.05) is 24.2 Å². The first-order chi connectivity index (χ1) is 15.1. The highest BCUT2D eigenvalue weighted by Crippen LogP contribution is 2.17. The van der Waals surface area contributed by atoms with Gasteiger partial charge in [0.2, 0.25) is 0 Å². The fraction of sp³-hybridized carbons (Fsp3) is 0.217. The van der Waals surface area contributed by atoms with E-state index in [0.29, 0.717) is 25.2 Å². The third-order valence-electron chi connectivity index (χ3n) is 5.12. The standard InChI is InChI=1S/C23H22N4O3S/c1-2-27-20-19(21(28)25-23(27)30)13-17(14-24-20)22(29)26(15-18-9-6-12-31-18)11-10-16-7-4-3-5-8-16/h3-9,12-14H,2,10-11,15H2,1H3,(H,25,28,30). The Morgan fingerprint density at radius 3 is 2.68 bits per heavy atom. The number of amides is 1. The second kappa shape index (κ2) is 9.09. The van der Waals surface area contributed by atoms with Crippen LogP contribution in [0.25, 0.3) is 11.0 Å². The second-order valence-electron chi connectivity index (χ2n) is 7.14. The smallest absolute Gasteiger partial charge is 0.329 e. The van der Waals surface area contributed by atoms with E-state index in [-0.39, 0.29) is 16.9 Å². The number of carbonyl (C=O) groups is 1. The molecule has 3 aromatic heterocycles. The van der Waals surface area contributed by atoms with E-state index in [2.05, 4.69) is 9.97 Å². The first-order valence-corrected chi connectivity index (χ1v) is 10.9. The lowest BCUT2D eigenvalue weighted by molar-refractivity contribution is 0.0746. The minimum atomic E-state index is -0.541. The predicted octanol–water partition coefficient (Wildman–Crippen LogP) is 3.05. The molecular formula is C23H22N4O3S. The third-order valence-corrected chi connectivity index (χ3v) is 5.98. The van der Waals surface area contributed by atoms with E-state index >= 15 is 0 Å². The summed E-state index contributed by atoms with van der Waals surface area (Å²) in [5, 5.41) is 2.21. The zero-order chi connectivity index (χ0) is 21.8. The molecule has 7 nitrogen and oxygen atoms in total. The maximum Gasteiger partial charge on any atom is 0.329 e. The Kier molecular flexibility index (Phi) is 6.08. The Bertz CT molecular complexity index is 1310. The van der Waals surface area contributed by atoms with E-state index in [4.69, 9.17) is 0 Å². The fourth-order valence-corrected chi connectivity index (χ4v) is 4.23. The number of carbonyl (C=O) groups excluding carboxylic acids is 1. The van der Waals surface area contributed by atoms with Gasteiger partial charge in [-0.2, -0.15) is 0 Å². The molecule has 0 aliphatic carbocycles. The molecule has 0 saturated carbocycles. The number of aromatic amines is 1. The number of nitrogens with zero attached hydrogens (tertiary/aromatic N) is 3. The van der Waals surface area contributed by atoms with Crippen LogP contribution in [0.5, 0.6) is 0 Å². The van der Waals surface area contributed by atoms with Gasteiger partial charge in [-0.25, -0.2) is 9.78 Å². The summed E-state index contributed by atoms with van der Waals surface area (Å²) in [6.07, 6.45) is 2.16. The minimum Gasteiger partial charge on any atom is -0.333 e. The maximum atomic E-state index is 13.4. The summed E-state index contributed by atoms with van der Waals surface area (Å²) in [5.74, 6) is -0.202. The van der Waals surface area contributed by atoms with Crippen molar-refractivity contribution in [2.24, 2.45) is 0 Å². The molecule has 0 bridgehead atoms. The average molecular weight is 435 g/mol. The monoisotopic (exact) mass is 434 g/mol. The highest BCUT2D eigenvalue weighted by Gasteiger charge is 2.19. The van der Waals surface area contributed by atoms with Crippen molar-refractivity contribution in [2.75, 3.05) is 6.54 Å². The molecule has 1 aromatic carbocycles. The number of pyridine rings is 1. The largest absolute Gasteiger partial charge is 0.333 e. The first-order valence-electron chi connectivity index (χ1n) is 10.0. The summed E-state index contributed by atoms with van der Waals surface area (Å²) in [6, 6.07) is 15.5. The number of thiophene rings is 1. The van der Waals surface area contributed by atoms with Gasteiger partial charge < -0.3 is 4.90 Å². The minimum absolute atomic E-state index is 0.202. The normalized spacial score (nSPS) is 11.0. The van der Waals surface area contributed by atoms with Crippen LogP contribution in [-0.4, -0.2) is 31.9 Å². The summed E-state index contributed by atoms with van der Waals surface area (Å²) < 4.78 is 1.38. The number of H-pyrrole nitrogens is 1. The first kappa shape index (κ1) is 20.7. The van der Waals surface area contributed by atoms with Gasteiger partial charge in [0.05, 0.1) is 17.5 Å². The van der Waals surface area contributed by atoms with E-state index in [1.807, 2.05) is 47.8 Å². The Balaban J connectivity index is 1.67. The number of benzene rings is 1. The van der Waals surface area contributed by atoms with Crippen molar-refractivity contribution in [2.45, 2.75) is 26.4 Å². The lowest BCUT2D eigenvalue weighted by atomic mass is 10.1. The van der Waals surface area contributed by atoms with Crippen LogP contribution >= 0.6 is 11.3 Å². The highest BCUT2D eigenvalue weighted by molar-refractivity contribution is 7.09. The molecule has 8 heteroatoms. The fourth-order valence-electron chi connectivity index (χ4n) is 3.51. The van der Waals surface area contributed by atoms with Gasteiger partial charge in [0.1, 0.15) is 5.65 Å². The SMILES string of the molecule is CCn1c(=O)[nH]c(=O)c2cc(C(=O)N(CCc3ccccc3)Cc3cccs3)cnc21. The van der Waals surface area contributed by atoms with Crippen LogP contribution in [0.1, 0.15) is 27.7 Å². The van der Waals surface area contributed by atoms with Gasteiger partial charge in [-0.1, -0.05) is 36.4 Å². The van der Waals surface area contributed by atoms with E-state index in [1.54, 1.807) is 23.2 Å². The van der Waals surface area contributed by atoms with Gasteiger partial charge in [0.25, 0.3) is 11.5 Å². The highest BCUT2D eigenvalue weighted by atomic mass is 32.1. The van der Waals surface area contributed by atoms with Crippen molar-refractivity contribution >= 4 is 28.3 Å². The van der Waals surface area contributed by atoms with Gasteiger partial charge >= 0.3 is 5.69 Å². The van der Waals surface area contributed by atoms with Crippen LogP contribution in [0.4, 0.5) is 0 Å². The van der Waals surface area contributed by atoms with Crippen molar-refractivity contribution in [1.29, 1.82) is 0 Å². The summed E-state index contributed by atoms with van der Waals surface area (Å²) in [5.41, 5.74) is 0.701. The molecule has 158 valence electrons. The molecule has 0 spiro atoms. The third kappa shape index (κ3) is 4.49. The lowest BCUT2D eigenvalue weighted by Crippen LogP contribution is -2.33. The molecule has 4 aromatic rings. The van der Waals surface area contributed by atoms with Crippen molar-refractivity contribution in [1.82, 2.24) is 19.4 Å². The Morgan fingerprint density at radius 2 is 1.97 bits per heavy atom. The Labute approximate surface area is 182 Å². The Morgan fingerprint density at radius 1 is 1.16 bits per heavy atom. The molecular weight excluding hydrogens is 412 g/mol. The molecule has 0 aliphatic heterocycles. The average Bonchev–Trinajstić information content (AvgIpc) is 3.30. The number of hydrogen-bond acceptors (Lipinski definition) is 5. The summed E-state index contributed by atoms with van der Waals surface area (Å²) >= 11 is 1.59. The number of nitrogens with one attached hydrogen (secondary N) is 1. The van der Waals surface area contributed by atoms with E-state index < -0.39 is 11.2 Å². The molecule has 0 atom stereocenters. The molecule has 1 N–H and O–H groups in total. The maximum absolute atomic E-state index is 13.4. The molecule has 4 rings (SSSR count). The molecule has 0 fully saturated rings. The lowest BCUT2D eigenvalue weighted by Gasteiger charge is -2.22. The predicted molar refractivity (Wildman–Crippen MR) is 122 cm³/mol. The van der Waals surface area contributed by atoms with Crippen LogP contribution in [0.15, 0.2) is 69.7 Å². The van der Waals surface area contributed by atoms with Crippen LogP contribution in [0.2, 0.25) is 0 Å². The van der Waals surface area contributed by atoms with E-state index in [0.717, 1.165) is 16.9 Å².